The maximum absolute atomic E-state index is 13.2. The third kappa shape index (κ3) is 3.93. The van der Waals surface area contributed by atoms with Crippen molar-refractivity contribution < 1.29 is 33.3 Å². The fourth-order valence-electron chi connectivity index (χ4n) is 3.83. The zero-order valence-corrected chi connectivity index (χ0v) is 19.0. The van der Waals surface area contributed by atoms with E-state index in [2.05, 4.69) is 15.7 Å². The van der Waals surface area contributed by atoms with Crippen LogP contribution >= 0.6 is 0 Å². The molecule has 2 aliphatic rings. The van der Waals surface area contributed by atoms with Gasteiger partial charge in [0, 0.05) is 17.8 Å². The van der Waals surface area contributed by atoms with Gasteiger partial charge in [-0.05, 0) is 24.3 Å². The first-order chi connectivity index (χ1) is 16.4. The van der Waals surface area contributed by atoms with E-state index in [0.717, 1.165) is 4.90 Å². The average molecular weight is 469 g/mol. The predicted molar refractivity (Wildman–Crippen MR) is 119 cm³/mol. The molecule has 34 heavy (non-hydrogen) atoms. The Balaban J connectivity index is 1.49. The van der Waals surface area contributed by atoms with Gasteiger partial charge in [0.25, 0.3) is 11.8 Å². The number of fused-ring (bicyclic) bond motifs is 1. The summed E-state index contributed by atoms with van der Waals surface area (Å²) in [6, 6.07) is 7.56. The van der Waals surface area contributed by atoms with Crippen LogP contribution in [0, 0.1) is 0 Å². The van der Waals surface area contributed by atoms with Crippen LogP contribution in [0.15, 0.2) is 46.7 Å². The minimum Gasteiger partial charge on any atom is -0.493 e. The van der Waals surface area contributed by atoms with Gasteiger partial charge in [-0.3, -0.25) is 19.4 Å². The first-order valence-electron chi connectivity index (χ1n) is 10.2. The van der Waals surface area contributed by atoms with Crippen molar-refractivity contribution in [1.82, 2.24) is 5.01 Å². The van der Waals surface area contributed by atoms with Crippen LogP contribution in [0.25, 0.3) is 0 Å². The smallest absolute Gasteiger partial charge is 0.263 e. The molecule has 1 fully saturated rings. The predicted octanol–water partition coefficient (Wildman–Crippen LogP) is 1.65. The lowest BCUT2D eigenvalue weighted by Crippen LogP contribution is -2.43. The van der Waals surface area contributed by atoms with Crippen molar-refractivity contribution in [3.63, 3.8) is 0 Å². The molecule has 0 spiro atoms. The number of hydrogen-bond donors (Lipinski definition) is 1. The van der Waals surface area contributed by atoms with E-state index < -0.39 is 29.8 Å². The maximum atomic E-state index is 13.2. The Kier molecular flexibility index (Phi) is 6.21. The normalized spacial score (nSPS) is 18.7. The summed E-state index contributed by atoms with van der Waals surface area (Å²) < 4.78 is 20.9. The Bertz CT molecular complexity index is 1170. The molecule has 1 saturated heterocycles. The molecule has 3 amide bonds. The van der Waals surface area contributed by atoms with E-state index in [9.17, 15) is 14.4 Å². The molecule has 2 aliphatic heterocycles. The van der Waals surface area contributed by atoms with Crippen LogP contribution < -0.4 is 29.2 Å². The molecule has 0 aliphatic carbocycles. The number of amides is 3. The molecule has 2 atom stereocenters. The summed E-state index contributed by atoms with van der Waals surface area (Å²) >= 11 is 0. The van der Waals surface area contributed by atoms with E-state index in [1.54, 1.807) is 30.3 Å². The van der Waals surface area contributed by atoms with E-state index in [-0.39, 0.29) is 6.54 Å². The van der Waals surface area contributed by atoms with Gasteiger partial charge in [-0.2, -0.15) is 5.11 Å². The third-order valence-electron chi connectivity index (χ3n) is 5.46. The summed E-state index contributed by atoms with van der Waals surface area (Å²) in [5, 5.41) is 11.8. The number of rotatable bonds is 8. The lowest BCUT2D eigenvalue weighted by atomic mass is 10.1. The summed E-state index contributed by atoms with van der Waals surface area (Å²) in [5.41, 5.74) is 0.781. The van der Waals surface area contributed by atoms with Gasteiger partial charge in [0.2, 0.25) is 5.91 Å². The molecule has 12 heteroatoms. The lowest BCUT2D eigenvalue weighted by molar-refractivity contribution is -0.123. The molecule has 0 radical (unpaired) electrons. The van der Waals surface area contributed by atoms with Crippen molar-refractivity contribution in [1.29, 1.82) is 0 Å². The monoisotopic (exact) mass is 469 g/mol. The summed E-state index contributed by atoms with van der Waals surface area (Å²) in [7, 11) is 5.94. The fraction of sp³-hybridized carbons (Fsp3) is 0.318. The SMILES string of the molecule is COc1ccc(NC(=O)CN2N=N[C@H]3C(=O)N(c4ccc(OC)c(OC)c4)C(=O)[C@H]32)cc1OC. The minimum atomic E-state index is -1.03. The molecule has 0 bridgehead atoms. The van der Waals surface area contributed by atoms with Gasteiger partial charge in [-0.15, -0.1) is 0 Å². The molecular formula is C22H23N5O7. The maximum Gasteiger partial charge on any atom is 0.263 e. The number of anilines is 2. The molecule has 1 N–H and O–H groups in total. The fourth-order valence-corrected chi connectivity index (χ4v) is 3.83. The van der Waals surface area contributed by atoms with E-state index in [4.69, 9.17) is 18.9 Å². The van der Waals surface area contributed by atoms with Gasteiger partial charge < -0.3 is 24.3 Å². The molecular weight excluding hydrogens is 446 g/mol. The van der Waals surface area contributed by atoms with Gasteiger partial charge >= 0.3 is 0 Å². The molecule has 0 saturated carbocycles. The molecule has 12 nitrogen and oxygen atoms in total. The number of benzene rings is 2. The van der Waals surface area contributed by atoms with Gasteiger partial charge in [-0.25, -0.2) is 4.90 Å². The first-order valence-corrected chi connectivity index (χ1v) is 10.2. The van der Waals surface area contributed by atoms with E-state index in [0.29, 0.717) is 34.4 Å². The number of nitrogens with zero attached hydrogens (tertiary/aromatic N) is 4. The largest absolute Gasteiger partial charge is 0.493 e. The van der Waals surface area contributed by atoms with Crippen LogP contribution in [0.5, 0.6) is 23.0 Å². The second-order valence-electron chi connectivity index (χ2n) is 7.36. The third-order valence-corrected chi connectivity index (χ3v) is 5.46. The highest BCUT2D eigenvalue weighted by atomic mass is 16.5. The van der Waals surface area contributed by atoms with Gasteiger partial charge in [0.1, 0.15) is 6.54 Å². The zero-order chi connectivity index (χ0) is 24.4. The second-order valence-corrected chi connectivity index (χ2v) is 7.36. The second kappa shape index (κ2) is 9.25. The summed E-state index contributed by atoms with van der Waals surface area (Å²) in [6.45, 7) is -0.280. The number of carbonyl (C=O) groups is 3. The Morgan fingerprint density at radius 1 is 0.882 bits per heavy atom. The quantitative estimate of drug-likeness (QED) is 0.578. The topological polar surface area (TPSA) is 131 Å². The van der Waals surface area contributed by atoms with Crippen molar-refractivity contribution in [3.8, 4) is 23.0 Å². The summed E-state index contributed by atoms with van der Waals surface area (Å²) in [5.74, 6) is 0.269. The molecule has 2 heterocycles. The van der Waals surface area contributed by atoms with E-state index in [1.165, 1.54) is 39.5 Å². The molecule has 0 unspecified atom stereocenters. The number of methoxy groups -OCH3 is 4. The number of nitrogens with one attached hydrogen (secondary N) is 1. The molecule has 178 valence electrons. The molecule has 4 rings (SSSR count). The molecule has 0 aromatic heterocycles. The van der Waals surface area contributed by atoms with Crippen LogP contribution in [0.1, 0.15) is 0 Å². The number of imide groups is 1. The van der Waals surface area contributed by atoms with Crippen molar-refractivity contribution in [2.24, 2.45) is 10.3 Å². The van der Waals surface area contributed by atoms with Crippen LogP contribution in [-0.2, 0) is 14.4 Å². The van der Waals surface area contributed by atoms with Crippen molar-refractivity contribution in [3.05, 3.63) is 36.4 Å². The summed E-state index contributed by atoms with van der Waals surface area (Å²) in [6.07, 6.45) is 0. The highest BCUT2D eigenvalue weighted by molar-refractivity contribution is 6.25. The van der Waals surface area contributed by atoms with Gasteiger partial charge in [0.15, 0.2) is 35.1 Å². The Labute approximate surface area is 195 Å². The van der Waals surface area contributed by atoms with E-state index >= 15 is 0 Å². The van der Waals surface area contributed by atoms with Crippen LogP contribution in [-0.4, -0.2) is 69.8 Å². The average Bonchev–Trinajstić information content (AvgIpc) is 3.37. The number of ether oxygens (including phenoxy) is 4. The first kappa shape index (κ1) is 22.8. The lowest BCUT2D eigenvalue weighted by Gasteiger charge is -2.21. The number of hydrogen-bond acceptors (Lipinski definition) is 10. The Morgan fingerprint density at radius 3 is 2.15 bits per heavy atom. The standard InChI is InChI=1S/C22H23N5O7/c1-31-14-7-5-12(9-16(14)33-3)23-18(28)11-26-20-19(24-25-26)21(29)27(22(20)30)13-6-8-15(32-2)17(10-13)34-4/h5-10,19-20H,11H2,1-4H3,(H,23,28)/t19-,20+/m1/s1. The van der Waals surface area contributed by atoms with Crippen molar-refractivity contribution in [2.45, 2.75) is 12.1 Å². The molecule has 2 aromatic carbocycles. The Hall–Kier alpha value is -4.35. The molecule has 2 aromatic rings. The van der Waals surface area contributed by atoms with Crippen molar-refractivity contribution >= 4 is 29.1 Å². The van der Waals surface area contributed by atoms with Gasteiger partial charge in [0.05, 0.1) is 34.1 Å². The Morgan fingerprint density at radius 2 is 1.50 bits per heavy atom. The minimum absolute atomic E-state index is 0.280. The van der Waals surface area contributed by atoms with Gasteiger partial charge in [-0.1, -0.05) is 5.22 Å². The van der Waals surface area contributed by atoms with Crippen LogP contribution in [0.4, 0.5) is 11.4 Å². The number of carbonyl (C=O) groups excluding carboxylic acids is 3. The summed E-state index contributed by atoms with van der Waals surface area (Å²) in [4.78, 5) is 39.8. The van der Waals surface area contributed by atoms with Crippen LogP contribution in [0.3, 0.4) is 0 Å². The van der Waals surface area contributed by atoms with Crippen molar-refractivity contribution in [2.75, 3.05) is 45.2 Å². The highest BCUT2D eigenvalue weighted by Crippen LogP contribution is 2.36. The zero-order valence-electron chi connectivity index (χ0n) is 19.0. The van der Waals surface area contributed by atoms with Crippen LogP contribution in [0.2, 0.25) is 0 Å². The van der Waals surface area contributed by atoms with E-state index in [1.807, 2.05) is 0 Å². The highest BCUT2D eigenvalue weighted by Gasteiger charge is 2.55.